The minimum atomic E-state index is -0.310. The lowest BCUT2D eigenvalue weighted by Gasteiger charge is -2.38. The highest BCUT2D eigenvalue weighted by atomic mass is 32.2. The molecular weight excluding hydrogens is 354 g/mol. The summed E-state index contributed by atoms with van der Waals surface area (Å²) in [6, 6.07) is 17.5. The Hall–Kier alpha value is -1.75. The number of para-hydroxylation sites is 2. The first kappa shape index (κ1) is 17.4. The normalized spacial score (nSPS) is 20.5. The van der Waals surface area contributed by atoms with Crippen molar-refractivity contribution < 1.29 is 9.47 Å². The fourth-order valence-corrected chi connectivity index (χ4v) is 5.63. The van der Waals surface area contributed by atoms with Crippen LogP contribution < -0.4 is 4.90 Å². The van der Waals surface area contributed by atoms with Gasteiger partial charge in [-0.1, -0.05) is 43.0 Å². The molecule has 0 radical (unpaired) electrons. The van der Waals surface area contributed by atoms with E-state index in [-0.39, 0.29) is 5.79 Å². The Morgan fingerprint density at radius 3 is 2.04 bits per heavy atom. The number of ether oxygens (including phenoxy) is 2. The second-order valence-electron chi connectivity index (χ2n) is 7.38. The molecule has 1 saturated heterocycles. The first-order valence-electron chi connectivity index (χ1n) is 9.94. The van der Waals surface area contributed by atoms with E-state index in [0.29, 0.717) is 0 Å². The van der Waals surface area contributed by atoms with E-state index >= 15 is 0 Å². The predicted molar refractivity (Wildman–Crippen MR) is 110 cm³/mol. The summed E-state index contributed by atoms with van der Waals surface area (Å²) in [5, 5.41) is 0. The lowest BCUT2D eigenvalue weighted by atomic mass is 9.87. The molecule has 140 valence electrons. The van der Waals surface area contributed by atoms with Gasteiger partial charge in [0.15, 0.2) is 5.79 Å². The van der Waals surface area contributed by atoms with Crippen molar-refractivity contribution in [2.45, 2.75) is 54.6 Å². The van der Waals surface area contributed by atoms with Gasteiger partial charge in [0.2, 0.25) is 0 Å². The zero-order valence-electron chi connectivity index (χ0n) is 15.7. The van der Waals surface area contributed by atoms with E-state index < -0.39 is 0 Å². The van der Waals surface area contributed by atoms with Crippen LogP contribution in [0, 0.1) is 0 Å². The molecule has 0 aromatic heterocycles. The SMILES string of the molecule is CCC(=C1CCC2(CC1)OCCO2)N1c2ccccc2Sc2ccccc21. The molecule has 0 amide bonds. The number of rotatable bonds is 2. The van der Waals surface area contributed by atoms with Gasteiger partial charge in [0.25, 0.3) is 0 Å². The van der Waals surface area contributed by atoms with Crippen LogP contribution in [0.3, 0.4) is 0 Å². The van der Waals surface area contributed by atoms with E-state index in [1.165, 1.54) is 26.9 Å². The quantitative estimate of drug-likeness (QED) is 0.613. The van der Waals surface area contributed by atoms with Gasteiger partial charge in [0.1, 0.15) is 0 Å². The zero-order valence-corrected chi connectivity index (χ0v) is 16.6. The van der Waals surface area contributed by atoms with Crippen LogP contribution in [-0.2, 0) is 9.47 Å². The van der Waals surface area contributed by atoms with Crippen molar-refractivity contribution in [3.63, 3.8) is 0 Å². The highest BCUT2D eigenvalue weighted by molar-refractivity contribution is 7.99. The molecule has 3 nitrogen and oxygen atoms in total. The smallest absolute Gasteiger partial charge is 0.169 e. The second kappa shape index (κ2) is 7.01. The molecule has 2 heterocycles. The summed E-state index contributed by atoms with van der Waals surface area (Å²) >= 11 is 1.87. The van der Waals surface area contributed by atoms with E-state index in [4.69, 9.17) is 9.47 Å². The predicted octanol–water partition coefficient (Wildman–Crippen LogP) is 6.27. The molecular formula is C23H25NO2S. The molecule has 0 bridgehead atoms. The lowest BCUT2D eigenvalue weighted by Crippen LogP contribution is -2.34. The third kappa shape index (κ3) is 3.00. The molecule has 2 aromatic rings. The van der Waals surface area contributed by atoms with E-state index in [0.717, 1.165) is 45.3 Å². The molecule has 4 heteroatoms. The maximum absolute atomic E-state index is 5.94. The lowest BCUT2D eigenvalue weighted by molar-refractivity contribution is -0.171. The average molecular weight is 380 g/mol. The van der Waals surface area contributed by atoms with Gasteiger partial charge in [0.05, 0.1) is 24.6 Å². The van der Waals surface area contributed by atoms with Crippen molar-refractivity contribution in [2.24, 2.45) is 0 Å². The highest BCUT2D eigenvalue weighted by Crippen LogP contribution is 2.51. The van der Waals surface area contributed by atoms with Crippen LogP contribution in [0.4, 0.5) is 11.4 Å². The molecule has 2 aromatic carbocycles. The summed E-state index contributed by atoms with van der Waals surface area (Å²) in [5.41, 5.74) is 5.61. The summed E-state index contributed by atoms with van der Waals surface area (Å²) in [6.07, 6.45) is 5.07. The molecule has 1 aliphatic carbocycles. The Bertz CT molecular complexity index is 828. The third-order valence-corrected chi connectivity index (χ3v) is 7.00. The number of hydrogen-bond acceptors (Lipinski definition) is 4. The maximum atomic E-state index is 5.94. The summed E-state index contributed by atoms with van der Waals surface area (Å²) in [7, 11) is 0. The molecule has 27 heavy (non-hydrogen) atoms. The van der Waals surface area contributed by atoms with Crippen molar-refractivity contribution in [3.05, 3.63) is 59.8 Å². The summed E-state index contributed by atoms with van der Waals surface area (Å²) in [5.74, 6) is -0.310. The first-order chi connectivity index (χ1) is 13.3. The van der Waals surface area contributed by atoms with Gasteiger partial charge in [-0.2, -0.15) is 0 Å². The van der Waals surface area contributed by atoms with Crippen molar-refractivity contribution in [3.8, 4) is 0 Å². The molecule has 2 aliphatic heterocycles. The van der Waals surface area contributed by atoms with Gasteiger partial charge in [-0.05, 0) is 49.1 Å². The fraction of sp³-hybridized carbons (Fsp3) is 0.391. The monoisotopic (exact) mass is 379 g/mol. The molecule has 0 N–H and O–H groups in total. The number of hydrogen-bond donors (Lipinski definition) is 0. The van der Waals surface area contributed by atoms with Gasteiger partial charge in [-0.25, -0.2) is 0 Å². The number of allylic oxidation sites excluding steroid dienone is 2. The topological polar surface area (TPSA) is 21.7 Å². The Kier molecular flexibility index (Phi) is 4.50. The second-order valence-corrected chi connectivity index (χ2v) is 8.47. The van der Waals surface area contributed by atoms with Crippen molar-refractivity contribution in [1.29, 1.82) is 0 Å². The van der Waals surface area contributed by atoms with Crippen LogP contribution in [0.15, 0.2) is 69.6 Å². The number of anilines is 2. The Labute approximate surface area is 165 Å². The van der Waals surface area contributed by atoms with E-state index in [1.807, 2.05) is 11.8 Å². The molecule has 1 saturated carbocycles. The summed E-state index contributed by atoms with van der Waals surface area (Å²) in [4.78, 5) is 5.17. The Morgan fingerprint density at radius 1 is 0.926 bits per heavy atom. The molecule has 0 atom stereocenters. The fourth-order valence-electron chi connectivity index (χ4n) is 4.57. The zero-order chi connectivity index (χ0) is 18.3. The van der Waals surface area contributed by atoms with E-state index in [2.05, 4.69) is 60.4 Å². The molecule has 1 spiro atoms. The largest absolute Gasteiger partial charge is 0.348 e. The van der Waals surface area contributed by atoms with Gasteiger partial charge < -0.3 is 14.4 Å². The van der Waals surface area contributed by atoms with Crippen LogP contribution in [0.1, 0.15) is 39.0 Å². The van der Waals surface area contributed by atoms with Crippen LogP contribution in [0.5, 0.6) is 0 Å². The molecule has 5 rings (SSSR count). The van der Waals surface area contributed by atoms with Crippen molar-refractivity contribution >= 4 is 23.1 Å². The summed E-state index contributed by atoms with van der Waals surface area (Å²) in [6.45, 7) is 3.76. The Balaban J connectivity index is 1.56. The maximum Gasteiger partial charge on any atom is 0.169 e. The minimum Gasteiger partial charge on any atom is -0.348 e. The van der Waals surface area contributed by atoms with E-state index in [1.54, 1.807) is 5.57 Å². The highest BCUT2D eigenvalue weighted by Gasteiger charge is 2.40. The van der Waals surface area contributed by atoms with Crippen LogP contribution in [-0.4, -0.2) is 19.0 Å². The van der Waals surface area contributed by atoms with Crippen LogP contribution >= 0.6 is 11.8 Å². The number of fused-ring (bicyclic) bond motifs is 2. The number of benzene rings is 2. The first-order valence-corrected chi connectivity index (χ1v) is 10.8. The van der Waals surface area contributed by atoms with Crippen molar-refractivity contribution in [1.82, 2.24) is 0 Å². The van der Waals surface area contributed by atoms with E-state index in [9.17, 15) is 0 Å². The van der Waals surface area contributed by atoms with Crippen molar-refractivity contribution in [2.75, 3.05) is 18.1 Å². The van der Waals surface area contributed by atoms with Crippen LogP contribution in [0.2, 0.25) is 0 Å². The standard InChI is InChI=1S/C23H25NO2S/c1-2-18(17-11-13-23(14-12-17)25-15-16-26-23)24-19-7-3-5-9-21(19)27-22-10-6-4-8-20(22)24/h3-10H,2,11-16H2,1H3. The van der Waals surface area contributed by atoms with Gasteiger partial charge in [-0.15, -0.1) is 0 Å². The summed E-state index contributed by atoms with van der Waals surface area (Å²) < 4.78 is 11.9. The molecule has 0 unspecified atom stereocenters. The third-order valence-electron chi connectivity index (χ3n) is 5.87. The molecule has 3 aliphatic rings. The van der Waals surface area contributed by atoms with Crippen LogP contribution in [0.25, 0.3) is 0 Å². The Morgan fingerprint density at radius 2 is 1.48 bits per heavy atom. The van der Waals surface area contributed by atoms with Gasteiger partial charge in [0, 0.05) is 28.3 Å². The average Bonchev–Trinajstić information content (AvgIpc) is 3.17. The minimum absolute atomic E-state index is 0.310. The van der Waals surface area contributed by atoms with Gasteiger partial charge in [-0.3, -0.25) is 0 Å². The molecule has 2 fully saturated rings. The van der Waals surface area contributed by atoms with Gasteiger partial charge >= 0.3 is 0 Å². The number of nitrogens with zero attached hydrogens (tertiary/aromatic N) is 1.